The summed E-state index contributed by atoms with van der Waals surface area (Å²) in [6.45, 7) is 6.57. The second-order valence-corrected chi connectivity index (χ2v) is 7.70. The van der Waals surface area contributed by atoms with Crippen molar-refractivity contribution in [1.29, 1.82) is 0 Å². The van der Waals surface area contributed by atoms with Crippen LogP contribution in [0.5, 0.6) is 5.75 Å². The molecule has 2 fully saturated rings. The minimum Gasteiger partial charge on any atom is -0.491 e. The molecule has 2 aliphatic rings. The van der Waals surface area contributed by atoms with E-state index < -0.39 is 0 Å². The van der Waals surface area contributed by atoms with E-state index in [-0.39, 0.29) is 29.9 Å². The molecule has 1 N–H and O–H groups in total. The Hall–Kier alpha value is -2.08. The van der Waals surface area contributed by atoms with Gasteiger partial charge in [-0.05, 0) is 43.9 Å². The SMILES string of the molecule is CC(C)C(=O)N1CCC(NC(=O)c2cccc(OCC3CCCO3)c2)CC1. The van der Waals surface area contributed by atoms with Gasteiger partial charge in [0.05, 0.1) is 6.10 Å². The molecule has 0 aromatic heterocycles. The molecule has 0 saturated carbocycles. The van der Waals surface area contributed by atoms with Gasteiger partial charge in [-0.2, -0.15) is 0 Å². The summed E-state index contributed by atoms with van der Waals surface area (Å²) in [6, 6.07) is 7.38. The normalized spacial score (nSPS) is 20.7. The zero-order chi connectivity index (χ0) is 19.2. The van der Waals surface area contributed by atoms with Crippen LogP contribution in [0.2, 0.25) is 0 Å². The molecule has 1 unspecified atom stereocenters. The monoisotopic (exact) mass is 374 g/mol. The lowest BCUT2D eigenvalue weighted by Gasteiger charge is -2.33. The van der Waals surface area contributed by atoms with Gasteiger partial charge in [0.25, 0.3) is 5.91 Å². The van der Waals surface area contributed by atoms with Crippen molar-refractivity contribution < 1.29 is 19.1 Å². The highest BCUT2D eigenvalue weighted by molar-refractivity contribution is 5.94. The van der Waals surface area contributed by atoms with Crippen LogP contribution in [0.1, 0.15) is 49.9 Å². The van der Waals surface area contributed by atoms with E-state index in [9.17, 15) is 9.59 Å². The number of hydrogen-bond donors (Lipinski definition) is 1. The van der Waals surface area contributed by atoms with Gasteiger partial charge in [-0.3, -0.25) is 9.59 Å². The Morgan fingerprint density at radius 2 is 2.04 bits per heavy atom. The van der Waals surface area contributed by atoms with Crippen molar-refractivity contribution in [2.24, 2.45) is 5.92 Å². The van der Waals surface area contributed by atoms with Crippen LogP contribution in [-0.2, 0) is 9.53 Å². The second kappa shape index (κ2) is 9.22. The molecular weight excluding hydrogens is 344 g/mol. The molecule has 0 aliphatic carbocycles. The largest absolute Gasteiger partial charge is 0.491 e. The quantitative estimate of drug-likeness (QED) is 0.831. The predicted molar refractivity (Wildman–Crippen MR) is 103 cm³/mol. The molecule has 0 spiro atoms. The molecule has 27 heavy (non-hydrogen) atoms. The molecule has 1 aromatic carbocycles. The van der Waals surface area contributed by atoms with Gasteiger partial charge >= 0.3 is 0 Å². The first-order chi connectivity index (χ1) is 13.0. The number of rotatable bonds is 6. The summed E-state index contributed by atoms with van der Waals surface area (Å²) in [5.41, 5.74) is 0.598. The highest BCUT2D eigenvalue weighted by Gasteiger charge is 2.25. The molecule has 6 nitrogen and oxygen atoms in total. The molecule has 0 radical (unpaired) electrons. The fraction of sp³-hybridized carbons (Fsp3) is 0.619. The number of piperidine rings is 1. The van der Waals surface area contributed by atoms with E-state index in [0.29, 0.717) is 31.0 Å². The highest BCUT2D eigenvalue weighted by atomic mass is 16.5. The van der Waals surface area contributed by atoms with Crippen LogP contribution in [0.25, 0.3) is 0 Å². The molecule has 1 aromatic rings. The van der Waals surface area contributed by atoms with Crippen LogP contribution in [0, 0.1) is 5.92 Å². The maximum atomic E-state index is 12.6. The number of benzene rings is 1. The third-order valence-corrected chi connectivity index (χ3v) is 5.19. The van der Waals surface area contributed by atoms with Crippen molar-refractivity contribution in [2.45, 2.75) is 51.7 Å². The van der Waals surface area contributed by atoms with Gasteiger partial charge < -0.3 is 19.7 Å². The van der Waals surface area contributed by atoms with E-state index in [4.69, 9.17) is 9.47 Å². The van der Waals surface area contributed by atoms with Crippen molar-refractivity contribution in [3.05, 3.63) is 29.8 Å². The van der Waals surface area contributed by atoms with E-state index >= 15 is 0 Å². The minimum absolute atomic E-state index is 0.0218. The second-order valence-electron chi connectivity index (χ2n) is 7.70. The van der Waals surface area contributed by atoms with E-state index in [1.54, 1.807) is 12.1 Å². The lowest BCUT2D eigenvalue weighted by molar-refractivity contribution is -0.135. The number of nitrogens with zero attached hydrogens (tertiary/aromatic N) is 1. The lowest BCUT2D eigenvalue weighted by atomic mass is 10.0. The highest BCUT2D eigenvalue weighted by Crippen LogP contribution is 2.18. The van der Waals surface area contributed by atoms with Crippen LogP contribution >= 0.6 is 0 Å². The van der Waals surface area contributed by atoms with E-state index in [0.717, 1.165) is 32.3 Å². The summed E-state index contributed by atoms with van der Waals surface area (Å²) in [5, 5.41) is 3.09. The zero-order valence-corrected chi connectivity index (χ0v) is 16.3. The predicted octanol–water partition coefficient (Wildman–Crippen LogP) is 2.62. The molecular formula is C21H30N2O4. The number of ether oxygens (including phenoxy) is 2. The molecule has 1 atom stereocenters. The molecule has 3 rings (SSSR count). The summed E-state index contributed by atoms with van der Waals surface area (Å²) >= 11 is 0. The van der Waals surface area contributed by atoms with E-state index in [1.165, 1.54) is 0 Å². The maximum Gasteiger partial charge on any atom is 0.251 e. The molecule has 2 saturated heterocycles. The number of carbonyl (C=O) groups is 2. The summed E-state index contributed by atoms with van der Waals surface area (Å²) in [7, 11) is 0. The fourth-order valence-electron chi connectivity index (χ4n) is 3.57. The third-order valence-electron chi connectivity index (χ3n) is 5.19. The Labute approximate surface area is 161 Å². The summed E-state index contributed by atoms with van der Waals surface area (Å²) in [5.74, 6) is 0.811. The van der Waals surface area contributed by atoms with Gasteiger partial charge in [-0.15, -0.1) is 0 Å². The van der Waals surface area contributed by atoms with E-state index in [1.807, 2.05) is 30.9 Å². The number of nitrogens with one attached hydrogen (secondary N) is 1. The van der Waals surface area contributed by atoms with Crippen LogP contribution in [-0.4, -0.2) is 55.2 Å². The number of carbonyl (C=O) groups excluding carboxylic acids is 2. The number of amides is 2. The topological polar surface area (TPSA) is 67.9 Å². The van der Waals surface area contributed by atoms with Gasteiger partial charge in [-0.25, -0.2) is 0 Å². The smallest absolute Gasteiger partial charge is 0.251 e. The van der Waals surface area contributed by atoms with Crippen LogP contribution in [0.3, 0.4) is 0 Å². The Balaban J connectivity index is 1.48. The van der Waals surface area contributed by atoms with Crippen LogP contribution in [0.15, 0.2) is 24.3 Å². The molecule has 2 heterocycles. The van der Waals surface area contributed by atoms with Crippen molar-refractivity contribution in [1.82, 2.24) is 10.2 Å². The van der Waals surface area contributed by atoms with Crippen LogP contribution < -0.4 is 10.1 Å². The van der Waals surface area contributed by atoms with Gasteiger partial charge in [-0.1, -0.05) is 19.9 Å². The Kier molecular flexibility index (Phi) is 6.72. The standard InChI is InChI=1S/C21H30N2O4/c1-15(2)21(25)23-10-8-17(9-11-23)22-20(24)16-5-3-6-18(13-16)27-14-19-7-4-12-26-19/h3,5-6,13,15,17,19H,4,7-12,14H2,1-2H3,(H,22,24). The first-order valence-electron chi connectivity index (χ1n) is 9.97. The van der Waals surface area contributed by atoms with Gasteiger partial charge in [0.1, 0.15) is 12.4 Å². The van der Waals surface area contributed by atoms with Gasteiger partial charge in [0.15, 0.2) is 0 Å². The average molecular weight is 374 g/mol. The first-order valence-corrected chi connectivity index (χ1v) is 9.97. The fourth-order valence-corrected chi connectivity index (χ4v) is 3.57. The first kappa shape index (κ1) is 19.7. The molecule has 2 amide bonds. The molecule has 6 heteroatoms. The number of likely N-dealkylation sites (tertiary alicyclic amines) is 1. The molecule has 2 aliphatic heterocycles. The Bertz CT molecular complexity index is 647. The van der Waals surface area contributed by atoms with Gasteiger partial charge in [0, 0.05) is 37.2 Å². The maximum absolute atomic E-state index is 12.6. The summed E-state index contributed by atoms with van der Waals surface area (Å²) in [4.78, 5) is 26.5. The molecule has 0 bridgehead atoms. The minimum atomic E-state index is -0.0915. The molecule has 148 valence electrons. The van der Waals surface area contributed by atoms with Crippen molar-refractivity contribution >= 4 is 11.8 Å². The Morgan fingerprint density at radius 1 is 1.26 bits per heavy atom. The average Bonchev–Trinajstić information content (AvgIpc) is 3.20. The Morgan fingerprint density at radius 3 is 2.70 bits per heavy atom. The van der Waals surface area contributed by atoms with Gasteiger partial charge in [0.2, 0.25) is 5.91 Å². The van der Waals surface area contributed by atoms with Crippen molar-refractivity contribution in [3.8, 4) is 5.75 Å². The van der Waals surface area contributed by atoms with Crippen LogP contribution in [0.4, 0.5) is 0 Å². The third kappa shape index (κ3) is 5.45. The number of hydrogen-bond acceptors (Lipinski definition) is 4. The van der Waals surface area contributed by atoms with Crippen molar-refractivity contribution in [3.63, 3.8) is 0 Å². The van der Waals surface area contributed by atoms with Crippen molar-refractivity contribution in [2.75, 3.05) is 26.3 Å². The zero-order valence-electron chi connectivity index (χ0n) is 16.3. The summed E-state index contributed by atoms with van der Waals surface area (Å²) < 4.78 is 11.3. The lowest BCUT2D eigenvalue weighted by Crippen LogP contribution is -2.47. The van der Waals surface area contributed by atoms with E-state index in [2.05, 4.69) is 5.32 Å². The summed E-state index contributed by atoms with van der Waals surface area (Å²) in [6.07, 6.45) is 3.84.